The topological polar surface area (TPSA) is 115 Å². The van der Waals surface area contributed by atoms with E-state index in [1.807, 2.05) is 6.07 Å². The van der Waals surface area contributed by atoms with E-state index in [2.05, 4.69) is 9.97 Å². The molecule has 0 saturated carbocycles. The summed E-state index contributed by atoms with van der Waals surface area (Å²) in [5, 5.41) is 5.57. The second-order valence-corrected chi connectivity index (χ2v) is 9.21. The number of benzene rings is 2. The third-order valence-electron chi connectivity index (χ3n) is 4.84. The number of primary sulfonamides is 1. The van der Waals surface area contributed by atoms with Gasteiger partial charge >= 0.3 is 0 Å². The number of carbonyl (C=O) groups excluding carboxylic acids is 1. The molecule has 1 atom stereocenters. The Hall–Kier alpha value is -2.72. The third-order valence-corrected chi connectivity index (χ3v) is 6.27. The van der Waals surface area contributed by atoms with Crippen molar-refractivity contribution >= 4 is 44.8 Å². The van der Waals surface area contributed by atoms with Crippen molar-refractivity contribution in [3.05, 3.63) is 70.6 Å². The van der Waals surface area contributed by atoms with Crippen molar-refractivity contribution in [3.8, 4) is 11.6 Å². The molecule has 31 heavy (non-hydrogen) atoms. The van der Waals surface area contributed by atoms with Gasteiger partial charge in [0.25, 0.3) is 0 Å². The van der Waals surface area contributed by atoms with Crippen molar-refractivity contribution in [2.45, 2.75) is 17.2 Å². The molecule has 1 aliphatic heterocycles. The van der Waals surface area contributed by atoms with Crippen LogP contribution in [0.25, 0.3) is 0 Å². The Morgan fingerprint density at radius 3 is 2.52 bits per heavy atom. The molecule has 4 rings (SSSR count). The van der Waals surface area contributed by atoms with Gasteiger partial charge in [0.05, 0.1) is 9.92 Å². The lowest BCUT2D eigenvalue weighted by molar-refractivity contribution is -0.117. The standard InChI is InChI=1S/C20H16Cl2N4O4S/c21-16-6-1-12(9-17(16)30-18-7-8-24-20(22)25-18)13-10-19(27)26(11-13)14-2-4-15(5-3-14)31(23,28)29/h1-9,13H,10-11H2,(H2,23,28,29)/t13-/m0/s1. The molecule has 0 bridgehead atoms. The second kappa shape index (κ2) is 8.43. The number of hydrogen-bond donors (Lipinski definition) is 1. The number of rotatable bonds is 5. The highest BCUT2D eigenvalue weighted by atomic mass is 35.5. The Morgan fingerprint density at radius 2 is 1.84 bits per heavy atom. The van der Waals surface area contributed by atoms with E-state index < -0.39 is 10.0 Å². The SMILES string of the molecule is NS(=O)(=O)c1ccc(N2C[C@@H](c3ccc(Cl)c(Oc4ccnc(Cl)n4)c3)CC2=O)cc1. The predicted octanol–water partition coefficient (Wildman–Crippen LogP) is 3.74. The van der Waals surface area contributed by atoms with Crippen LogP contribution in [0.5, 0.6) is 11.6 Å². The Morgan fingerprint density at radius 1 is 1.10 bits per heavy atom. The zero-order chi connectivity index (χ0) is 22.2. The molecular formula is C20H16Cl2N4O4S. The van der Waals surface area contributed by atoms with E-state index in [-0.39, 0.29) is 34.3 Å². The lowest BCUT2D eigenvalue weighted by Gasteiger charge is -2.18. The molecular weight excluding hydrogens is 463 g/mol. The fraction of sp³-hybridized carbons (Fsp3) is 0.150. The van der Waals surface area contributed by atoms with E-state index in [0.29, 0.717) is 23.0 Å². The van der Waals surface area contributed by atoms with E-state index in [1.165, 1.54) is 18.3 Å². The maximum absolute atomic E-state index is 12.6. The number of ether oxygens (including phenoxy) is 1. The highest BCUT2D eigenvalue weighted by Gasteiger charge is 2.32. The van der Waals surface area contributed by atoms with E-state index in [9.17, 15) is 13.2 Å². The maximum atomic E-state index is 12.6. The summed E-state index contributed by atoms with van der Waals surface area (Å²) >= 11 is 12.1. The first-order valence-electron chi connectivity index (χ1n) is 9.10. The number of halogens is 2. The molecule has 1 amide bonds. The Bertz CT molecular complexity index is 1250. The zero-order valence-corrected chi connectivity index (χ0v) is 18.2. The van der Waals surface area contributed by atoms with Gasteiger partial charge in [-0.05, 0) is 53.6 Å². The average molecular weight is 479 g/mol. The van der Waals surface area contributed by atoms with Gasteiger partial charge in [0.15, 0.2) is 0 Å². The summed E-state index contributed by atoms with van der Waals surface area (Å²) < 4.78 is 28.6. The minimum Gasteiger partial charge on any atom is -0.437 e. The van der Waals surface area contributed by atoms with Crippen molar-refractivity contribution in [2.75, 3.05) is 11.4 Å². The van der Waals surface area contributed by atoms with Crippen LogP contribution in [0.4, 0.5) is 5.69 Å². The summed E-state index contributed by atoms with van der Waals surface area (Å²) in [5.41, 5.74) is 1.47. The molecule has 2 heterocycles. The van der Waals surface area contributed by atoms with E-state index in [4.69, 9.17) is 33.1 Å². The molecule has 0 unspecified atom stereocenters. The van der Waals surface area contributed by atoms with E-state index in [0.717, 1.165) is 5.56 Å². The molecule has 160 valence electrons. The van der Waals surface area contributed by atoms with Gasteiger partial charge in [-0.2, -0.15) is 4.98 Å². The van der Waals surface area contributed by atoms with Crippen LogP contribution in [0.2, 0.25) is 10.3 Å². The first-order chi connectivity index (χ1) is 14.7. The number of nitrogens with zero attached hydrogens (tertiary/aromatic N) is 3. The maximum Gasteiger partial charge on any atom is 0.238 e. The van der Waals surface area contributed by atoms with Gasteiger partial charge in [0, 0.05) is 36.8 Å². The van der Waals surface area contributed by atoms with Crippen molar-refractivity contribution in [2.24, 2.45) is 5.14 Å². The summed E-state index contributed by atoms with van der Waals surface area (Å²) in [4.78, 5) is 22.0. The Balaban J connectivity index is 1.55. The van der Waals surface area contributed by atoms with Gasteiger partial charge in [-0.1, -0.05) is 17.7 Å². The van der Waals surface area contributed by atoms with Gasteiger partial charge in [0.1, 0.15) is 5.75 Å². The highest BCUT2D eigenvalue weighted by Crippen LogP contribution is 2.37. The lowest BCUT2D eigenvalue weighted by Crippen LogP contribution is -2.24. The number of hydrogen-bond acceptors (Lipinski definition) is 6. The molecule has 1 fully saturated rings. The third kappa shape index (κ3) is 4.80. The molecule has 8 nitrogen and oxygen atoms in total. The van der Waals surface area contributed by atoms with Crippen molar-refractivity contribution in [1.29, 1.82) is 0 Å². The summed E-state index contributed by atoms with van der Waals surface area (Å²) in [7, 11) is -3.79. The summed E-state index contributed by atoms with van der Waals surface area (Å²) in [6.45, 7) is 0.425. The van der Waals surface area contributed by atoms with Crippen LogP contribution in [0.1, 0.15) is 17.9 Å². The number of nitrogens with two attached hydrogens (primary N) is 1. The smallest absolute Gasteiger partial charge is 0.238 e. The van der Waals surface area contributed by atoms with Crippen molar-refractivity contribution < 1.29 is 17.9 Å². The van der Waals surface area contributed by atoms with Crippen LogP contribution in [0.3, 0.4) is 0 Å². The molecule has 0 spiro atoms. The molecule has 0 aliphatic carbocycles. The van der Waals surface area contributed by atoms with Crippen LogP contribution in [-0.2, 0) is 14.8 Å². The summed E-state index contributed by atoms with van der Waals surface area (Å²) in [6, 6.07) is 12.8. The largest absolute Gasteiger partial charge is 0.437 e. The normalized spacial score (nSPS) is 16.5. The number of carbonyl (C=O) groups is 1. The minimum atomic E-state index is -3.79. The highest BCUT2D eigenvalue weighted by molar-refractivity contribution is 7.89. The van der Waals surface area contributed by atoms with Crippen molar-refractivity contribution in [1.82, 2.24) is 9.97 Å². The lowest BCUT2D eigenvalue weighted by atomic mass is 9.98. The first-order valence-corrected chi connectivity index (χ1v) is 11.4. The van der Waals surface area contributed by atoms with Gasteiger partial charge in [-0.3, -0.25) is 4.79 Å². The monoisotopic (exact) mass is 478 g/mol. The van der Waals surface area contributed by atoms with Gasteiger partial charge in [-0.25, -0.2) is 18.5 Å². The van der Waals surface area contributed by atoms with Crippen LogP contribution in [0, 0.1) is 0 Å². The van der Waals surface area contributed by atoms with Crippen LogP contribution >= 0.6 is 23.2 Å². The predicted molar refractivity (Wildman–Crippen MR) is 116 cm³/mol. The molecule has 11 heteroatoms. The summed E-state index contributed by atoms with van der Waals surface area (Å²) in [6.07, 6.45) is 1.76. The van der Waals surface area contributed by atoms with Crippen LogP contribution in [-0.4, -0.2) is 30.8 Å². The number of sulfonamides is 1. The van der Waals surface area contributed by atoms with Crippen LogP contribution < -0.4 is 14.8 Å². The number of aromatic nitrogens is 2. The first kappa shape index (κ1) is 21.5. The van der Waals surface area contributed by atoms with E-state index >= 15 is 0 Å². The van der Waals surface area contributed by atoms with Crippen molar-refractivity contribution in [3.63, 3.8) is 0 Å². The molecule has 1 aliphatic rings. The second-order valence-electron chi connectivity index (χ2n) is 6.90. The van der Waals surface area contributed by atoms with Crippen LogP contribution in [0.15, 0.2) is 59.6 Å². The molecule has 1 aromatic heterocycles. The molecule has 0 radical (unpaired) electrons. The summed E-state index contributed by atoms with van der Waals surface area (Å²) in [5.74, 6) is 0.461. The molecule has 1 saturated heterocycles. The fourth-order valence-corrected chi connectivity index (χ4v) is 4.15. The number of anilines is 1. The molecule has 2 aromatic carbocycles. The van der Waals surface area contributed by atoms with E-state index in [1.54, 1.807) is 35.2 Å². The van der Waals surface area contributed by atoms with Gasteiger partial charge < -0.3 is 9.64 Å². The molecule has 3 aromatic rings. The fourth-order valence-electron chi connectivity index (χ4n) is 3.34. The number of amides is 1. The van der Waals surface area contributed by atoms with Gasteiger partial charge in [0.2, 0.25) is 27.1 Å². The molecule has 2 N–H and O–H groups in total. The zero-order valence-electron chi connectivity index (χ0n) is 15.9. The minimum absolute atomic E-state index is 0.0104. The quantitative estimate of drug-likeness (QED) is 0.558. The Kier molecular flexibility index (Phi) is 5.85. The van der Waals surface area contributed by atoms with Gasteiger partial charge in [-0.15, -0.1) is 0 Å². The Labute approximate surface area is 188 Å². The average Bonchev–Trinajstić information content (AvgIpc) is 3.11.